The van der Waals surface area contributed by atoms with Crippen molar-refractivity contribution in [3.8, 4) is 0 Å². The van der Waals surface area contributed by atoms with Gasteiger partial charge in [-0.3, -0.25) is 14.4 Å². The molecule has 7 nitrogen and oxygen atoms in total. The van der Waals surface area contributed by atoms with Crippen LogP contribution in [-0.2, 0) is 4.79 Å². The number of hydrogen-bond acceptors (Lipinski definition) is 5. The number of aliphatic carboxylic acids is 1. The molecule has 0 aliphatic heterocycles. The second-order valence-corrected chi connectivity index (χ2v) is 7.34. The zero-order valence-corrected chi connectivity index (χ0v) is 15.0. The monoisotopic (exact) mass is 364 g/mol. The summed E-state index contributed by atoms with van der Waals surface area (Å²) >= 11 is 1.16. The maximum atomic E-state index is 12.5. The first-order valence-electron chi connectivity index (χ1n) is 7.67. The Bertz CT molecular complexity index is 777. The largest absolute Gasteiger partial charge is 0.481 e. The Hall–Kier alpha value is -2.61. The van der Waals surface area contributed by atoms with Crippen LogP contribution in [0.5, 0.6) is 0 Å². The van der Waals surface area contributed by atoms with E-state index in [4.69, 9.17) is 9.52 Å². The van der Waals surface area contributed by atoms with E-state index in [9.17, 15) is 14.4 Å². The first kappa shape index (κ1) is 18.7. The van der Waals surface area contributed by atoms with E-state index in [1.807, 2.05) is 0 Å². The quantitative estimate of drug-likeness (QED) is 0.699. The van der Waals surface area contributed by atoms with Crippen molar-refractivity contribution in [2.75, 3.05) is 5.32 Å². The van der Waals surface area contributed by atoms with Crippen molar-refractivity contribution in [1.29, 1.82) is 0 Å². The minimum absolute atomic E-state index is 0.0266. The summed E-state index contributed by atoms with van der Waals surface area (Å²) in [5.41, 5.74) is 0.0787. The van der Waals surface area contributed by atoms with Crippen LogP contribution in [0.4, 0.5) is 5.00 Å². The molecule has 0 bridgehead atoms. The summed E-state index contributed by atoms with van der Waals surface area (Å²) in [6.07, 6.45) is 1.70. The highest BCUT2D eigenvalue weighted by atomic mass is 32.1. The van der Waals surface area contributed by atoms with E-state index < -0.39 is 11.5 Å². The Kier molecular flexibility index (Phi) is 5.63. The van der Waals surface area contributed by atoms with E-state index in [1.54, 1.807) is 39.0 Å². The van der Waals surface area contributed by atoms with Gasteiger partial charge in [-0.25, -0.2) is 0 Å². The number of aryl methyl sites for hydroxylation is 1. The zero-order chi connectivity index (χ0) is 18.6. The number of carboxylic acid groups (broad SMARTS) is 1. The highest BCUT2D eigenvalue weighted by Gasteiger charge is 2.24. The minimum atomic E-state index is -0.905. The van der Waals surface area contributed by atoms with Crippen molar-refractivity contribution in [3.63, 3.8) is 0 Å². The molecule has 0 saturated heterocycles. The van der Waals surface area contributed by atoms with E-state index in [1.165, 1.54) is 6.26 Å². The molecule has 2 rings (SSSR count). The average molecular weight is 364 g/mol. The van der Waals surface area contributed by atoms with Gasteiger partial charge in [-0.15, -0.1) is 11.3 Å². The van der Waals surface area contributed by atoms with Crippen molar-refractivity contribution in [1.82, 2.24) is 5.32 Å². The summed E-state index contributed by atoms with van der Waals surface area (Å²) in [7, 11) is 0. The lowest BCUT2D eigenvalue weighted by Crippen LogP contribution is -2.43. The second-order valence-electron chi connectivity index (χ2n) is 6.29. The van der Waals surface area contributed by atoms with E-state index in [-0.39, 0.29) is 24.0 Å². The average Bonchev–Trinajstić information content (AvgIpc) is 3.14. The predicted octanol–water partition coefficient (Wildman–Crippen LogP) is 3.28. The number of carboxylic acids is 1. The van der Waals surface area contributed by atoms with Crippen LogP contribution in [0.3, 0.4) is 0 Å². The number of carbonyl (C=O) groups excluding carboxylic acids is 2. The molecule has 3 N–H and O–H groups in total. The molecule has 0 aromatic carbocycles. The molecule has 25 heavy (non-hydrogen) atoms. The third-order valence-corrected chi connectivity index (χ3v) is 4.67. The molecule has 2 heterocycles. The van der Waals surface area contributed by atoms with Crippen LogP contribution in [0.15, 0.2) is 28.9 Å². The normalized spacial score (nSPS) is 11.2. The van der Waals surface area contributed by atoms with Gasteiger partial charge in [-0.05, 0) is 51.0 Å². The number of rotatable bonds is 7. The molecule has 0 radical (unpaired) electrons. The van der Waals surface area contributed by atoms with Gasteiger partial charge in [0.1, 0.15) is 0 Å². The zero-order valence-electron chi connectivity index (χ0n) is 14.2. The molecule has 0 fully saturated rings. The molecule has 0 spiro atoms. The van der Waals surface area contributed by atoms with Gasteiger partial charge in [0.2, 0.25) is 0 Å². The number of thiophene rings is 1. The topological polar surface area (TPSA) is 109 Å². The Morgan fingerprint density at radius 1 is 1.28 bits per heavy atom. The Labute approximate surface area is 149 Å². The number of nitrogens with one attached hydrogen (secondary N) is 2. The van der Waals surface area contributed by atoms with Crippen LogP contribution in [0.25, 0.3) is 0 Å². The Balaban J connectivity index is 2.04. The third-order valence-electron chi connectivity index (χ3n) is 3.52. The molecule has 2 amide bonds. The second kappa shape index (κ2) is 7.52. The molecule has 0 atom stereocenters. The Morgan fingerprint density at radius 2 is 2.00 bits per heavy atom. The first-order valence-corrected chi connectivity index (χ1v) is 8.49. The molecule has 0 unspecified atom stereocenters. The number of carbonyl (C=O) groups is 3. The molecule has 8 heteroatoms. The molecular weight excluding hydrogens is 344 g/mol. The van der Waals surface area contributed by atoms with Crippen LogP contribution in [0.1, 0.15) is 52.5 Å². The van der Waals surface area contributed by atoms with Gasteiger partial charge in [0.25, 0.3) is 11.8 Å². The highest BCUT2D eigenvalue weighted by Crippen LogP contribution is 2.28. The van der Waals surface area contributed by atoms with Gasteiger partial charge in [0, 0.05) is 12.0 Å². The van der Waals surface area contributed by atoms with Crippen molar-refractivity contribution in [2.45, 2.75) is 39.2 Å². The lowest BCUT2D eigenvalue weighted by molar-refractivity contribution is -0.137. The van der Waals surface area contributed by atoms with Crippen LogP contribution >= 0.6 is 11.3 Å². The fraction of sp³-hybridized carbons (Fsp3) is 0.353. The maximum absolute atomic E-state index is 12.5. The molecule has 134 valence electrons. The summed E-state index contributed by atoms with van der Waals surface area (Å²) < 4.78 is 5.03. The van der Waals surface area contributed by atoms with Gasteiger partial charge in [-0.1, -0.05) is 0 Å². The molecule has 2 aromatic rings. The lowest BCUT2D eigenvalue weighted by Gasteiger charge is -2.25. The summed E-state index contributed by atoms with van der Waals surface area (Å²) in [4.78, 5) is 35.6. The van der Waals surface area contributed by atoms with E-state index in [2.05, 4.69) is 10.6 Å². The van der Waals surface area contributed by atoms with Crippen LogP contribution in [0.2, 0.25) is 0 Å². The molecule has 0 aliphatic carbocycles. The maximum Gasteiger partial charge on any atom is 0.303 e. The lowest BCUT2D eigenvalue weighted by atomic mass is 9.98. The van der Waals surface area contributed by atoms with Gasteiger partial charge in [-0.2, -0.15) is 0 Å². The molecule has 2 aromatic heterocycles. The van der Waals surface area contributed by atoms with Gasteiger partial charge >= 0.3 is 5.97 Å². The van der Waals surface area contributed by atoms with Crippen molar-refractivity contribution in [3.05, 3.63) is 40.7 Å². The number of amides is 2. The Morgan fingerprint density at radius 3 is 2.60 bits per heavy atom. The van der Waals surface area contributed by atoms with Gasteiger partial charge in [0.15, 0.2) is 5.76 Å². The summed E-state index contributed by atoms with van der Waals surface area (Å²) in [6, 6.07) is 4.88. The standard InChI is InChI=1S/C17H20N2O5S/c1-10-9-12(18-15(22)11-5-4-8-24-11)25-14(10)16(23)19-17(2,3)7-6-13(20)21/h4-5,8-9H,6-7H2,1-3H3,(H,18,22)(H,19,23)(H,20,21). The highest BCUT2D eigenvalue weighted by molar-refractivity contribution is 7.18. The number of anilines is 1. The summed E-state index contributed by atoms with van der Waals surface area (Å²) in [5, 5.41) is 14.8. The van der Waals surface area contributed by atoms with Crippen LogP contribution in [0, 0.1) is 6.92 Å². The fourth-order valence-corrected chi connectivity index (χ4v) is 3.16. The predicted molar refractivity (Wildman–Crippen MR) is 94.1 cm³/mol. The first-order chi connectivity index (χ1) is 11.7. The van der Waals surface area contributed by atoms with E-state index in [0.29, 0.717) is 16.3 Å². The van der Waals surface area contributed by atoms with E-state index >= 15 is 0 Å². The summed E-state index contributed by atoms with van der Waals surface area (Å²) in [6.45, 7) is 5.32. The van der Waals surface area contributed by atoms with Crippen molar-refractivity contribution in [2.24, 2.45) is 0 Å². The fourth-order valence-electron chi connectivity index (χ4n) is 2.20. The van der Waals surface area contributed by atoms with Crippen LogP contribution in [-0.4, -0.2) is 28.4 Å². The molecule has 0 saturated carbocycles. The van der Waals surface area contributed by atoms with Crippen molar-refractivity contribution < 1.29 is 23.9 Å². The smallest absolute Gasteiger partial charge is 0.303 e. The number of furan rings is 1. The molecular formula is C17H20N2O5S. The minimum Gasteiger partial charge on any atom is -0.481 e. The van der Waals surface area contributed by atoms with Gasteiger partial charge < -0.3 is 20.2 Å². The SMILES string of the molecule is Cc1cc(NC(=O)c2ccco2)sc1C(=O)NC(C)(C)CCC(=O)O. The van der Waals surface area contributed by atoms with Crippen LogP contribution < -0.4 is 10.6 Å². The third kappa shape index (κ3) is 5.18. The van der Waals surface area contributed by atoms with Gasteiger partial charge in [0.05, 0.1) is 16.1 Å². The van der Waals surface area contributed by atoms with Crippen molar-refractivity contribution >= 4 is 34.1 Å². The van der Waals surface area contributed by atoms with E-state index in [0.717, 1.165) is 16.9 Å². The summed E-state index contributed by atoms with van der Waals surface area (Å²) in [5.74, 6) is -1.40. The molecule has 0 aliphatic rings. The number of hydrogen-bond donors (Lipinski definition) is 3.